The van der Waals surface area contributed by atoms with Gasteiger partial charge in [-0.3, -0.25) is 0 Å². The van der Waals surface area contributed by atoms with Crippen LogP contribution in [0, 0.1) is 17.2 Å². The molecule has 1 aromatic rings. The minimum absolute atomic E-state index is 0.0132. The number of hydrogen-bond donors (Lipinski definition) is 1. The number of ether oxygens (including phenoxy) is 1. The number of hydrogen-bond acceptors (Lipinski definition) is 3. The van der Waals surface area contributed by atoms with Gasteiger partial charge in [0.1, 0.15) is 12.4 Å². The van der Waals surface area contributed by atoms with Crippen molar-refractivity contribution in [3.63, 3.8) is 0 Å². The van der Waals surface area contributed by atoms with Gasteiger partial charge in [-0.25, -0.2) is 0 Å². The molecule has 120 valence electrons. The second kappa shape index (κ2) is 8.09. The molecule has 0 bridgehead atoms. The standard InChI is InChI=1S/C15H19BF3NO2/c1-3-4-11-5-6-13(22-9-10(2)8-20)12(14(11)16-21)7-15(17,18)19/h5-6,10,16,21H,3-4,7,9H2,1-2H3. The van der Waals surface area contributed by atoms with Gasteiger partial charge < -0.3 is 9.76 Å². The van der Waals surface area contributed by atoms with Crippen molar-refractivity contribution in [1.29, 1.82) is 5.26 Å². The summed E-state index contributed by atoms with van der Waals surface area (Å²) in [6.07, 6.45) is -4.19. The van der Waals surface area contributed by atoms with Crippen LogP contribution < -0.4 is 10.2 Å². The van der Waals surface area contributed by atoms with Crippen molar-refractivity contribution in [3.05, 3.63) is 23.3 Å². The third kappa shape index (κ3) is 5.26. The summed E-state index contributed by atoms with van der Waals surface area (Å²) in [5, 5.41) is 18.2. The molecule has 1 aromatic carbocycles. The van der Waals surface area contributed by atoms with Crippen molar-refractivity contribution in [2.75, 3.05) is 6.61 Å². The number of nitriles is 1. The van der Waals surface area contributed by atoms with E-state index >= 15 is 0 Å². The second-order valence-electron chi connectivity index (χ2n) is 5.22. The first-order valence-corrected chi connectivity index (χ1v) is 7.16. The molecule has 0 saturated heterocycles. The maximum atomic E-state index is 12.8. The van der Waals surface area contributed by atoms with Crippen LogP contribution in [0.2, 0.25) is 0 Å². The smallest absolute Gasteiger partial charge is 0.393 e. The first kappa shape index (κ1) is 18.4. The van der Waals surface area contributed by atoms with Crippen LogP contribution in [0.15, 0.2) is 12.1 Å². The largest absolute Gasteiger partial charge is 0.492 e. The van der Waals surface area contributed by atoms with Crippen LogP contribution in [0.1, 0.15) is 31.4 Å². The van der Waals surface area contributed by atoms with Crippen molar-refractivity contribution in [2.24, 2.45) is 5.92 Å². The average Bonchev–Trinajstić information content (AvgIpc) is 2.45. The normalized spacial score (nSPS) is 12.6. The molecule has 1 N–H and O–H groups in total. The summed E-state index contributed by atoms with van der Waals surface area (Å²) < 4.78 is 43.9. The quantitative estimate of drug-likeness (QED) is 0.786. The van der Waals surface area contributed by atoms with E-state index in [0.29, 0.717) is 12.0 Å². The van der Waals surface area contributed by atoms with Crippen molar-refractivity contribution in [3.8, 4) is 11.8 Å². The predicted octanol–water partition coefficient (Wildman–Crippen LogP) is 2.25. The van der Waals surface area contributed by atoms with Gasteiger partial charge in [0.25, 0.3) is 0 Å². The van der Waals surface area contributed by atoms with Crippen LogP contribution in [0.5, 0.6) is 5.75 Å². The Hall–Kier alpha value is -1.68. The predicted molar refractivity (Wildman–Crippen MR) is 79.5 cm³/mol. The van der Waals surface area contributed by atoms with Crippen LogP contribution in [-0.2, 0) is 12.8 Å². The average molecular weight is 313 g/mol. The van der Waals surface area contributed by atoms with Crippen LogP contribution in [0.25, 0.3) is 0 Å². The first-order valence-electron chi connectivity index (χ1n) is 7.16. The van der Waals surface area contributed by atoms with Crippen LogP contribution >= 0.6 is 0 Å². The fourth-order valence-electron chi connectivity index (χ4n) is 2.20. The van der Waals surface area contributed by atoms with E-state index in [9.17, 15) is 18.2 Å². The molecular weight excluding hydrogens is 294 g/mol. The molecule has 1 unspecified atom stereocenters. The summed E-state index contributed by atoms with van der Waals surface area (Å²) >= 11 is 0. The minimum Gasteiger partial charge on any atom is -0.492 e. The molecule has 0 saturated carbocycles. The van der Waals surface area contributed by atoms with E-state index in [1.165, 1.54) is 6.07 Å². The van der Waals surface area contributed by atoms with Gasteiger partial charge in [-0.15, -0.1) is 0 Å². The molecule has 0 aliphatic carbocycles. The van der Waals surface area contributed by atoms with E-state index in [4.69, 9.17) is 10.00 Å². The number of alkyl halides is 3. The Kier molecular flexibility index (Phi) is 6.76. The Bertz CT molecular complexity index is 541. The molecule has 0 aliphatic rings. The van der Waals surface area contributed by atoms with Gasteiger partial charge in [0.05, 0.1) is 18.4 Å². The molecule has 0 amide bonds. The Morgan fingerprint density at radius 2 is 2.09 bits per heavy atom. The molecule has 0 fully saturated rings. The number of rotatable bonds is 7. The lowest BCUT2D eigenvalue weighted by molar-refractivity contribution is -0.127. The van der Waals surface area contributed by atoms with Crippen molar-refractivity contribution in [2.45, 2.75) is 39.3 Å². The number of benzene rings is 1. The van der Waals surface area contributed by atoms with E-state index in [1.54, 1.807) is 13.0 Å². The lowest BCUT2D eigenvalue weighted by atomic mass is 9.78. The summed E-state index contributed by atoms with van der Waals surface area (Å²) in [4.78, 5) is 0. The van der Waals surface area contributed by atoms with E-state index in [-0.39, 0.29) is 23.4 Å². The number of nitrogens with zero attached hydrogens (tertiary/aromatic N) is 1. The summed E-state index contributed by atoms with van der Waals surface area (Å²) in [7, 11) is -0.467. The topological polar surface area (TPSA) is 53.2 Å². The fraction of sp³-hybridized carbons (Fsp3) is 0.533. The molecule has 0 spiro atoms. The monoisotopic (exact) mass is 313 g/mol. The van der Waals surface area contributed by atoms with Crippen LogP contribution in [-0.4, -0.2) is 25.3 Å². The highest BCUT2D eigenvalue weighted by molar-refractivity contribution is 6.47. The molecule has 1 atom stereocenters. The first-order chi connectivity index (χ1) is 10.3. The van der Waals surface area contributed by atoms with E-state index in [0.717, 1.165) is 6.42 Å². The molecular formula is C15H19BF3NO2. The minimum atomic E-state index is -4.40. The van der Waals surface area contributed by atoms with Crippen molar-refractivity contribution >= 4 is 12.9 Å². The molecule has 0 heterocycles. The molecule has 22 heavy (non-hydrogen) atoms. The molecule has 1 rings (SSSR count). The van der Waals surface area contributed by atoms with Gasteiger partial charge in [0, 0.05) is 5.56 Å². The van der Waals surface area contributed by atoms with E-state index in [1.807, 2.05) is 13.0 Å². The zero-order valence-electron chi connectivity index (χ0n) is 12.7. The van der Waals surface area contributed by atoms with Crippen molar-refractivity contribution < 1.29 is 22.9 Å². The third-order valence-corrected chi connectivity index (χ3v) is 3.25. The maximum absolute atomic E-state index is 12.8. The van der Waals surface area contributed by atoms with E-state index < -0.39 is 26.0 Å². The highest BCUT2D eigenvalue weighted by Gasteiger charge is 2.31. The Morgan fingerprint density at radius 3 is 2.59 bits per heavy atom. The van der Waals surface area contributed by atoms with Gasteiger partial charge in [-0.2, -0.15) is 18.4 Å². The Balaban J connectivity index is 3.21. The van der Waals surface area contributed by atoms with Crippen LogP contribution in [0.4, 0.5) is 13.2 Å². The maximum Gasteiger partial charge on any atom is 0.393 e. The Labute approximate surface area is 129 Å². The lowest BCUT2D eigenvalue weighted by Crippen LogP contribution is -2.29. The summed E-state index contributed by atoms with van der Waals surface area (Å²) in [6, 6.07) is 5.14. The molecule has 0 aromatic heterocycles. The lowest BCUT2D eigenvalue weighted by Gasteiger charge is -2.19. The Morgan fingerprint density at radius 1 is 1.41 bits per heavy atom. The fourth-order valence-corrected chi connectivity index (χ4v) is 2.20. The van der Waals surface area contributed by atoms with Crippen LogP contribution in [0.3, 0.4) is 0 Å². The van der Waals surface area contributed by atoms with Gasteiger partial charge >= 0.3 is 13.7 Å². The molecule has 0 radical (unpaired) electrons. The number of halogens is 3. The van der Waals surface area contributed by atoms with Gasteiger partial charge in [0.15, 0.2) is 0 Å². The zero-order chi connectivity index (χ0) is 16.8. The van der Waals surface area contributed by atoms with Crippen molar-refractivity contribution in [1.82, 2.24) is 0 Å². The van der Waals surface area contributed by atoms with Gasteiger partial charge in [-0.1, -0.05) is 25.0 Å². The summed E-state index contributed by atoms with van der Waals surface area (Å²) in [6.45, 7) is 3.56. The molecule has 0 aliphatic heterocycles. The highest BCUT2D eigenvalue weighted by atomic mass is 19.4. The molecule has 7 heteroatoms. The zero-order valence-corrected chi connectivity index (χ0v) is 12.7. The third-order valence-electron chi connectivity index (χ3n) is 3.25. The second-order valence-corrected chi connectivity index (χ2v) is 5.22. The highest BCUT2D eigenvalue weighted by Crippen LogP contribution is 2.28. The molecule has 3 nitrogen and oxygen atoms in total. The summed E-state index contributed by atoms with van der Waals surface area (Å²) in [5.41, 5.74) is 0.942. The summed E-state index contributed by atoms with van der Waals surface area (Å²) in [5.74, 6) is -0.338. The number of aryl methyl sites for hydroxylation is 1. The van der Waals surface area contributed by atoms with Gasteiger partial charge in [-0.05, 0) is 24.9 Å². The van der Waals surface area contributed by atoms with Gasteiger partial charge in [0.2, 0.25) is 0 Å². The SMILES string of the molecule is CCCc1ccc(OCC(C)C#N)c(CC(F)(F)F)c1BO. The van der Waals surface area contributed by atoms with E-state index in [2.05, 4.69) is 0 Å².